The Morgan fingerprint density at radius 2 is 1.02 bits per heavy atom. The molecule has 0 atom stereocenters. The minimum absolute atomic E-state index is 0.0129. The number of benzene rings is 4. The molecule has 0 aliphatic rings. The lowest BCUT2D eigenvalue weighted by Gasteiger charge is -2.29. The Hall–Kier alpha value is -4.84. The number of esters is 1. The SMILES string of the molecule is CC(C)(C)OC(=O)COc1ccc(-c2cc(-c3ccc(O)cc3)cc(-c3ccc(OS(=O)(=O)C(F)(F)C(F)(F)C(F)(F)S(=O)(=O)F)cc3)c2)cc1. The average Bonchev–Trinajstić information content (AvgIpc) is 3.03. The lowest BCUT2D eigenvalue weighted by atomic mass is 9.93. The second-order valence-corrected chi connectivity index (χ2v) is 14.8. The van der Waals surface area contributed by atoms with Gasteiger partial charge in [0.15, 0.2) is 6.61 Å². The standard InChI is InChI=1S/C33H27F7O9S2/c1-30(2,3)48-29(42)19-47-27-12-6-21(7-13-27)24-16-23(20-4-10-26(41)11-5-20)17-25(18-24)22-8-14-28(15-9-22)49-51(45,46)33(38,39)31(34,35)32(36,37)50(40,43)44/h4-18,41H,19H2,1-3H3. The quantitative estimate of drug-likeness (QED) is 0.0661. The smallest absolute Gasteiger partial charge is 0.450 e. The van der Waals surface area contributed by atoms with E-state index in [0.29, 0.717) is 33.6 Å². The predicted octanol–water partition coefficient (Wildman–Crippen LogP) is 7.94. The molecule has 4 rings (SSSR count). The number of phenolic OH excluding ortho intramolecular Hbond substituents is 1. The van der Waals surface area contributed by atoms with E-state index >= 15 is 0 Å². The van der Waals surface area contributed by atoms with Crippen LogP contribution in [0.4, 0.5) is 30.2 Å². The number of rotatable bonds is 12. The van der Waals surface area contributed by atoms with E-state index in [-0.39, 0.29) is 17.9 Å². The Balaban J connectivity index is 1.65. The largest absolute Gasteiger partial charge is 0.508 e. The summed E-state index contributed by atoms with van der Waals surface area (Å²) in [4.78, 5) is 12.0. The Morgan fingerprint density at radius 3 is 1.41 bits per heavy atom. The first-order chi connectivity index (χ1) is 23.3. The summed E-state index contributed by atoms with van der Waals surface area (Å²) in [5, 5.41) is -4.30. The van der Waals surface area contributed by atoms with Crippen LogP contribution >= 0.6 is 0 Å². The average molecular weight is 765 g/mol. The number of alkyl halides is 6. The van der Waals surface area contributed by atoms with E-state index in [9.17, 15) is 57.0 Å². The lowest BCUT2D eigenvalue weighted by molar-refractivity contribution is -0.246. The van der Waals surface area contributed by atoms with Gasteiger partial charge in [0.2, 0.25) is 0 Å². The van der Waals surface area contributed by atoms with Crippen molar-refractivity contribution < 1.29 is 70.6 Å². The molecule has 274 valence electrons. The minimum Gasteiger partial charge on any atom is -0.508 e. The van der Waals surface area contributed by atoms with Crippen molar-refractivity contribution in [3.05, 3.63) is 91.0 Å². The molecule has 0 spiro atoms. The summed E-state index contributed by atoms with van der Waals surface area (Å²) in [5.74, 6) is -8.57. The van der Waals surface area contributed by atoms with Crippen molar-refractivity contribution in [3.63, 3.8) is 0 Å². The number of hydrogen-bond donors (Lipinski definition) is 1. The Morgan fingerprint density at radius 1 is 0.627 bits per heavy atom. The van der Waals surface area contributed by atoms with Gasteiger partial charge in [0.05, 0.1) is 0 Å². The fourth-order valence-corrected chi connectivity index (χ4v) is 5.81. The normalized spacial score (nSPS) is 13.1. The summed E-state index contributed by atoms with van der Waals surface area (Å²) >= 11 is 0. The number of carbonyl (C=O) groups excluding carboxylic acids is 1. The summed E-state index contributed by atoms with van der Waals surface area (Å²) < 4.78 is 155. The van der Waals surface area contributed by atoms with Crippen LogP contribution in [0.2, 0.25) is 0 Å². The first-order valence-electron chi connectivity index (χ1n) is 14.4. The Labute approximate surface area is 287 Å². The van der Waals surface area contributed by atoms with Gasteiger partial charge in [0.25, 0.3) is 0 Å². The summed E-state index contributed by atoms with van der Waals surface area (Å²) in [6.45, 7) is 4.78. The van der Waals surface area contributed by atoms with Crippen molar-refractivity contribution in [2.75, 3.05) is 6.61 Å². The highest BCUT2D eigenvalue weighted by molar-refractivity contribution is 7.89. The van der Waals surface area contributed by atoms with E-state index in [1.54, 1.807) is 75.4 Å². The number of hydrogen-bond acceptors (Lipinski definition) is 9. The minimum atomic E-state index is -7.69. The van der Waals surface area contributed by atoms with Crippen LogP contribution in [-0.4, -0.2) is 56.6 Å². The maximum absolute atomic E-state index is 14.2. The first-order valence-corrected chi connectivity index (χ1v) is 17.2. The molecule has 0 fully saturated rings. The van der Waals surface area contributed by atoms with Crippen molar-refractivity contribution in [3.8, 4) is 50.6 Å². The van der Waals surface area contributed by atoms with E-state index in [1.165, 1.54) is 12.1 Å². The monoisotopic (exact) mass is 764 g/mol. The van der Waals surface area contributed by atoms with E-state index < -0.39 is 54.1 Å². The van der Waals surface area contributed by atoms with E-state index in [0.717, 1.165) is 24.3 Å². The van der Waals surface area contributed by atoms with Crippen molar-refractivity contribution in [2.45, 2.75) is 42.8 Å². The molecule has 4 aromatic carbocycles. The highest BCUT2D eigenvalue weighted by Crippen LogP contribution is 2.51. The Bertz CT molecular complexity index is 2120. The van der Waals surface area contributed by atoms with E-state index in [2.05, 4.69) is 4.18 Å². The van der Waals surface area contributed by atoms with Crippen LogP contribution in [0.15, 0.2) is 91.0 Å². The molecule has 0 heterocycles. The van der Waals surface area contributed by atoms with Gasteiger partial charge in [-0.1, -0.05) is 40.3 Å². The fraction of sp³-hybridized carbons (Fsp3) is 0.242. The summed E-state index contributed by atoms with van der Waals surface area (Å²) in [7, 11) is -14.7. The number of phenols is 1. The zero-order valence-electron chi connectivity index (χ0n) is 26.5. The molecule has 0 bridgehead atoms. The number of ether oxygens (including phenoxy) is 2. The van der Waals surface area contributed by atoms with Gasteiger partial charge >= 0.3 is 42.7 Å². The third kappa shape index (κ3) is 8.39. The number of aromatic hydroxyl groups is 1. The molecule has 0 aliphatic carbocycles. The molecule has 4 aromatic rings. The van der Waals surface area contributed by atoms with Crippen molar-refractivity contribution in [2.24, 2.45) is 0 Å². The molecule has 9 nitrogen and oxygen atoms in total. The molecular weight excluding hydrogens is 737 g/mol. The van der Waals surface area contributed by atoms with Crippen LogP contribution in [-0.2, 0) is 29.9 Å². The van der Waals surface area contributed by atoms with Gasteiger partial charge in [-0.05, 0) is 109 Å². The van der Waals surface area contributed by atoms with Crippen LogP contribution in [0.25, 0.3) is 33.4 Å². The predicted molar refractivity (Wildman–Crippen MR) is 170 cm³/mol. The molecule has 0 unspecified atom stereocenters. The molecule has 0 saturated heterocycles. The molecule has 0 amide bonds. The summed E-state index contributed by atoms with van der Waals surface area (Å²) in [6.07, 6.45) is 0. The molecule has 0 aromatic heterocycles. The summed E-state index contributed by atoms with van der Waals surface area (Å²) in [5.41, 5.74) is 2.49. The van der Waals surface area contributed by atoms with E-state index in [1.807, 2.05) is 0 Å². The van der Waals surface area contributed by atoms with Crippen LogP contribution < -0.4 is 8.92 Å². The second kappa shape index (κ2) is 13.7. The molecule has 18 heteroatoms. The molecule has 1 N–H and O–H groups in total. The van der Waals surface area contributed by atoms with Gasteiger partial charge in [-0.3, -0.25) is 0 Å². The van der Waals surface area contributed by atoms with Gasteiger partial charge in [0.1, 0.15) is 22.8 Å². The fourth-order valence-electron chi connectivity index (χ4n) is 4.40. The first kappa shape index (κ1) is 39.0. The van der Waals surface area contributed by atoms with E-state index in [4.69, 9.17) is 9.47 Å². The molecule has 0 aliphatic heterocycles. The molecule has 51 heavy (non-hydrogen) atoms. The highest BCUT2D eigenvalue weighted by Gasteiger charge is 2.83. The molecule has 0 radical (unpaired) electrons. The van der Waals surface area contributed by atoms with Crippen LogP contribution in [0, 0.1) is 0 Å². The van der Waals surface area contributed by atoms with Gasteiger partial charge in [-0.15, -0.1) is 0 Å². The molecule has 0 saturated carbocycles. The third-order valence-corrected chi connectivity index (χ3v) is 9.01. The lowest BCUT2D eigenvalue weighted by Crippen LogP contribution is -2.60. The van der Waals surface area contributed by atoms with Gasteiger partial charge in [-0.25, -0.2) is 4.79 Å². The van der Waals surface area contributed by atoms with Gasteiger partial charge in [-0.2, -0.15) is 43.2 Å². The maximum Gasteiger partial charge on any atom is 0.450 e. The molecular formula is C33H27F7O9S2. The Kier molecular flexibility index (Phi) is 10.5. The highest BCUT2D eigenvalue weighted by atomic mass is 32.3. The van der Waals surface area contributed by atoms with Crippen LogP contribution in [0.1, 0.15) is 20.8 Å². The maximum atomic E-state index is 14.2. The topological polar surface area (TPSA) is 133 Å². The zero-order chi connectivity index (χ0) is 38.2. The third-order valence-electron chi connectivity index (χ3n) is 6.84. The zero-order valence-corrected chi connectivity index (χ0v) is 28.2. The van der Waals surface area contributed by atoms with Crippen LogP contribution in [0.5, 0.6) is 17.2 Å². The number of carbonyl (C=O) groups is 1. The van der Waals surface area contributed by atoms with Crippen LogP contribution in [0.3, 0.4) is 0 Å². The van der Waals surface area contributed by atoms with Crippen molar-refractivity contribution in [1.29, 1.82) is 0 Å². The van der Waals surface area contributed by atoms with Gasteiger partial charge < -0.3 is 18.8 Å². The summed E-state index contributed by atoms with van der Waals surface area (Å²) in [6, 6.07) is 21.5. The van der Waals surface area contributed by atoms with Crippen molar-refractivity contribution in [1.82, 2.24) is 0 Å². The van der Waals surface area contributed by atoms with Crippen molar-refractivity contribution >= 4 is 26.3 Å². The number of halogens is 7. The van der Waals surface area contributed by atoms with Gasteiger partial charge in [0, 0.05) is 0 Å². The second-order valence-electron chi connectivity index (χ2n) is 11.9.